The lowest BCUT2D eigenvalue weighted by atomic mass is 10.00. The third-order valence-corrected chi connectivity index (χ3v) is 4.28. The molecule has 2 aromatic carbocycles. The molecule has 3 aromatic rings. The number of alkyl halides is 3. The summed E-state index contributed by atoms with van der Waals surface area (Å²) in [4.78, 5) is 7.97. The van der Waals surface area contributed by atoms with Crippen LogP contribution in [-0.2, 0) is 6.18 Å². The largest absolute Gasteiger partial charge is 0.419 e. The van der Waals surface area contributed by atoms with E-state index in [2.05, 4.69) is 15.3 Å². The Morgan fingerprint density at radius 2 is 1.75 bits per heavy atom. The molecular weight excluding hydrogens is 374 g/mol. The molecule has 0 spiro atoms. The number of rotatable bonds is 5. The molecule has 0 fully saturated rings. The summed E-state index contributed by atoms with van der Waals surface area (Å²) >= 11 is 0. The van der Waals surface area contributed by atoms with Crippen LogP contribution in [0.5, 0.6) is 0 Å². The Morgan fingerprint density at radius 1 is 1.04 bits per heavy atom. The van der Waals surface area contributed by atoms with Gasteiger partial charge in [0.1, 0.15) is 23.5 Å². The monoisotopic (exact) mass is 391 g/mol. The Bertz CT molecular complexity index is 961. The molecule has 1 atom stereocenters. The van der Waals surface area contributed by atoms with Gasteiger partial charge in [-0.2, -0.15) is 13.2 Å². The van der Waals surface area contributed by atoms with Crippen LogP contribution in [0.15, 0.2) is 54.9 Å². The van der Waals surface area contributed by atoms with E-state index in [0.717, 1.165) is 12.4 Å². The zero-order valence-corrected chi connectivity index (χ0v) is 14.8. The van der Waals surface area contributed by atoms with Gasteiger partial charge in [-0.25, -0.2) is 14.4 Å². The summed E-state index contributed by atoms with van der Waals surface area (Å²) in [5.41, 5.74) is -0.755. The van der Waals surface area contributed by atoms with Crippen LogP contribution < -0.4 is 5.32 Å². The molecule has 0 bridgehead atoms. The fraction of sp³-hybridized carbons (Fsp3) is 0.200. The molecular formula is C20H17F4N3O. The van der Waals surface area contributed by atoms with E-state index in [1.54, 1.807) is 24.3 Å². The molecule has 0 aliphatic heterocycles. The van der Waals surface area contributed by atoms with Crippen molar-refractivity contribution in [1.29, 1.82) is 0 Å². The molecule has 0 unspecified atom stereocenters. The number of aliphatic hydroxyl groups is 1. The second-order valence-electron chi connectivity index (χ2n) is 6.16. The normalized spacial score (nSPS) is 12.6. The fourth-order valence-corrected chi connectivity index (χ4v) is 2.90. The lowest BCUT2D eigenvalue weighted by Gasteiger charge is -2.17. The average Bonchev–Trinajstić information content (AvgIpc) is 2.66. The summed E-state index contributed by atoms with van der Waals surface area (Å²) in [6, 6.07) is 12.0. The maximum atomic E-state index is 13.9. The Morgan fingerprint density at radius 3 is 2.43 bits per heavy atom. The quantitative estimate of drug-likeness (QED) is 0.616. The van der Waals surface area contributed by atoms with Crippen molar-refractivity contribution in [2.45, 2.75) is 19.2 Å². The van der Waals surface area contributed by atoms with E-state index in [1.807, 2.05) is 6.07 Å². The second kappa shape index (κ2) is 7.93. The van der Waals surface area contributed by atoms with Gasteiger partial charge >= 0.3 is 6.18 Å². The highest BCUT2D eigenvalue weighted by molar-refractivity contribution is 5.71. The Hall–Kier alpha value is -3.00. The molecule has 2 N–H and O–H groups in total. The van der Waals surface area contributed by atoms with Crippen molar-refractivity contribution >= 4 is 5.82 Å². The van der Waals surface area contributed by atoms with Gasteiger partial charge < -0.3 is 10.4 Å². The van der Waals surface area contributed by atoms with Crippen molar-refractivity contribution in [3.05, 3.63) is 77.4 Å². The van der Waals surface area contributed by atoms with Crippen LogP contribution >= 0.6 is 0 Å². The molecule has 4 nitrogen and oxygen atoms in total. The topological polar surface area (TPSA) is 58.0 Å². The molecule has 0 saturated carbocycles. The molecule has 0 aliphatic rings. The smallest absolute Gasteiger partial charge is 0.387 e. The summed E-state index contributed by atoms with van der Waals surface area (Å²) in [6.45, 7) is 1.63. The summed E-state index contributed by atoms with van der Waals surface area (Å²) in [5.74, 6) is -1.10. The zero-order chi connectivity index (χ0) is 20.3. The van der Waals surface area contributed by atoms with Gasteiger partial charge in [0.05, 0.1) is 11.8 Å². The first-order valence-corrected chi connectivity index (χ1v) is 8.43. The molecule has 8 heteroatoms. The molecule has 3 rings (SSSR count). The van der Waals surface area contributed by atoms with Gasteiger partial charge in [0.2, 0.25) is 0 Å². The third kappa shape index (κ3) is 4.12. The first-order chi connectivity index (χ1) is 13.3. The Kier molecular flexibility index (Phi) is 5.60. The molecule has 0 saturated heterocycles. The summed E-state index contributed by atoms with van der Waals surface area (Å²) < 4.78 is 53.9. The number of halogens is 4. The van der Waals surface area contributed by atoms with Crippen molar-refractivity contribution in [3.63, 3.8) is 0 Å². The summed E-state index contributed by atoms with van der Waals surface area (Å²) in [6.07, 6.45) is -4.60. The van der Waals surface area contributed by atoms with Gasteiger partial charge in [-0.15, -0.1) is 0 Å². The van der Waals surface area contributed by atoms with E-state index in [1.165, 1.54) is 19.1 Å². The Labute approximate surface area is 158 Å². The van der Waals surface area contributed by atoms with Gasteiger partial charge in [-0.3, -0.25) is 0 Å². The van der Waals surface area contributed by atoms with Crippen LogP contribution in [0.3, 0.4) is 0 Å². The predicted molar refractivity (Wildman–Crippen MR) is 97.1 cm³/mol. The first kappa shape index (κ1) is 19.8. The number of hydrogen-bond donors (Lipinski definition) is 2. The number of aromatic nitrogens is 2. The van der Waals surface area contributed by atoms with E-state index in [9.17, 15) is 22.7 Å². The second-order valence-corrected chi connectivity index (χ2v) is 6.16. The van der Waals surface area contributed by atoms with Crippen LogP contribution in [-0.4, -0.2) is 21.6 Å². The van der Waals surface area contributed by atoms with Crippen LogP contribution in [0.25, 0.3) is 11.3 Å². The molecule has 0 aliphatic carbocycles. The van der Waals surface area contributed by atoms with Crippen molar-refractivity contribution in [2.75, 3.05) is 11.9 Å². The van der Waals surface area contributed by atoms with E-state index in [4.69, 9.17) is 0 Å². The highest BCUT2D eigenvalue weighted by Gasteiger charge is 2.37. The van der Waals surface area contributed by atoms with Crippen molar-refractivity contribution in [3.8, 4) is 11.3 Å². The number of nitrogens with zero attached hydrogens (tertiary/aromatic N) is 2. The first-order valence-electron chi connectivity index (χ1n) is 8.43. The predicted octanol–water partition coefficient (Wildman–Crippen LogP) is 4.76. The number of anilines is 1. The standard InChI is InChI=1S/C20H17F4N3O/c1-12-18(14-8-5-9-15(21)17(14)20(22,23)24)26-11-27-19(12)25-10-16(28)13-6-3-2-4-7-13/h2-9,11,16,28H,10H2,1H3,(H,25,26,27)/t16-/m0/s1. The van der Waals surface area contributed by atoms with E-state index in [-0.39, 0.29) is 23.6 Å². The van der Waals surface area contributed by atoms with Crippen LogP contribution in [0, 0.1) is 12.7 Å². The maximum Gasteiger partial charge on any atom is 0.419 e. The number of hydrogen-bond acceptors (Lipinski definition) is 4. The zero-order valence-electron chi connectivity index (χ0n) is 14.8. The highest BCUT2D eigenvalue weighted by atomic mass is 19.4. The third-order valence-electron chi connectivity index (χ3n) is 4.28. The van der Waals surface area contributed by atoms with Crippen LogP contribution in [0.4, 0.5) is 23.4 Å². The maximum absolute atomic E-state index is 13.9. The van der Waals surface area contributed by atoms with Crippen LogP contribution in [0.1, 0.15) is 22.8 Å². The fourth-order valence-electron chi connectivity index (χ4n) is 2.90. The van der Waals surface area contributed by atoms with Gasteiger partial charge in [0, 0.05) is 17.7 Å². The molecule has 1 heterocycles. The van der Waals surface area contributed by atoms with Crippen molar-refractivity contribution in [2.24, 2.45) is 0 Å². The number of benzene rings is 2. The number of nitrogens with one attached hydrogen (secondary N) is 1. The molecule has 146 valence electrons. The minimum Gasteiger partial charge on any atom is -0.387 e. The summed E-state index contributed by atoms with van der Waals surface area (Å²) in [5, 5.41) is 13.2. The van der Waals surface area contributed by atoms with E-state index < -0.39 is 23.7 Å². The van der Waals surface area contributed by atoms with E-state index >= 15 is 0 Å². The van der Waals surface area contributed by atoms with Crippen LogP contribution in [0.2, 0.25) is 0 Å². The van der Waals surface area contributed by atoms with Gasteiger partial charge in [-0.05, 0) is 18.6 Å². The average molecular weight is 391 g/mol. The minimum atomic E-state index is -4.87. The Balaban J connectivity index is 1.92. The lowest BCUT2D eigenvalue weighted by Crippen LogP contribution is -2.15. The molecule has 28 heavy (non-hydrogen) atoms. The molecule has 1 aromatic heterocycles. The van der Waals surface area contributed by atoms with Gasteiger partial charge in [-0.1, -0.05) is 42.5 Å². The van der Waals surface area contributed by atoms with Crippen molar-refractivity contribution in [1.82, 2.24) is 9.97 Å². The van der Waals surface area contributed by atoms with Crippen molar-refractivity contribution < 1.29 is 22.7 Å². The van der Waals surface area contributed by atoms with E-state index in [0.29, 0.717) is 11.1 Å². The minimum absolute atomic E-state index is 0.0291. The van der Waals surface area contributed by atoms with Gasteiger partial charge in [0.25, 0.3) is 0 Å². The lowest BCUT2D eigenvalue weighted by molar-refractivity contribution is -0.139. The number of aliphatic hydroxyl groups excluding tert-OH is 1. The summed E-state index contributed by atoms with van der Waals surface area (Å²) in [7, 11) is 0. The molecule has 0 amide bonds. The highest BCUT2D eigenvalue weighted by Crippen LogP contribution is 2.39. The van der Waals surface area contributed by atoms with Gasteiger partial charge in [0.15, 0.2) is 0 Å². The SMILES string of the molecule is Cc1c(NC[C@H](O)c2ccccc2)ncnc1-c1cccc(F)c1C(F)(F)F. The molecule has 0 radical (unpaired) electrons.